The standard InChI is InChI=1S/C16H31N3O.HI/c1-3-17-16(19-10-8-15(20)12-19)18-9-7-14-6-4-5-13(2)11-14;/h13-15,20H,3-12H2,1-2H3,(H,17,18);1H/t13?,14?,15-;/m1./s1. The van der Waals surface area contributed by atoms with Gasteiger partial charge in [-0.05, 0) is 38.0 Å². The number of aliphatic hydroxyl groups is 1. The lowest BCUT2D eigenvalue weighted by atomic mass is 9.81. The number of likely N-dealkylation sites (tertiary alicyclic amines) is 1. The molecule has 124 valence electrons. The molecule has 2 rings (SSSR count). The normalized spacial score (nSPS) is 30.1. The zero-order valence-electron chi connectivity index (χ0n) is 13.6. The molecule has 5 heteroatoms. The van der Waals surface area contributed by atoms with Gasteiger partial charge in [0.15, 0.2) is 5.96 Å². The topological polar surface area (TPSA) is 47.9 Å². The molecule has 0 aromatic carbocycles. The Morgan fingerprint density at radius 3 is 2.76 bits per heavy atom. The number of β-amino-alcohol motifs (C(OH)–C–C–N with tert-alkyl or cyclic N) is 1. The van der Waals surface area contributed by atoms with Crippen LogP contribution >= 0.6 is 24.0 Å². The Balaban J connectivity index is 0.00000220. The number of nitrogens with zero attached hydrogens (tertiary/aromatic N) is 2. The highest BCUT2D eigenvalue weighted by atomic mass is 127. The van der Waals surface area contributed by atoms with Crippen molar-refractivity contribution in [1.29, 1.82) is 0 Å². The number of aliphatic hydroxyl groups excluding tert-OH is 1. The summed E-state index contributed by atoms with van der Waals surface area (Å²) >= 11 is 0. The molecule has 1 aliphatic carbocycles. The molecular weight excluding hydrogens is 377 g/mol. The number of hydrogen-bond acceptors (Lipinski definition) is 2. The van der Waals surface area contributed by atoms with E-state index in [4.69, 9.17) is 4.99 Å². The maximum Gasteiger partial charge on any atom is 0.194 e. The van der Waals surface area contributed by atoms with Crippen LogP contribution < -0.4 is 5.32 Å². The van der Waals surface area contributed by atoms with Gasteiger partial charge in [-0.3, -0.25) is 4.99 Å². The van der Waals surface area contributed by atoms with Crippen LogP contribution in [0.4, 0.5) is 0 Å². The van der Waals surface area contributed by atoms with E-state index in [1.165, 1.54) is 32.1 Å². The molecule has 2 N–H and O–H groups in total. The van der Waals surface area contributed by atoms with Gasteiger partial charge >= 0.3 is 0 Å². The van der Waals surface area contributed by atoms with E-state index in [0.29, 0.717) is 0 Å². The fourth-order valence-electron chi connectivity index (χ4n) is 3.53. The SMILES string of the molecule is CCNC(=NCCC1CCCC(C)C1)N1CC[C@@H](O)C1.I. The average molecular weight is 409 g/mol. The first kappa shape index (κ1) is 19.0. The first-order valence-electron chi connectivity index (χ1n) is 8.40. The molecular formula is C16H32IN3O. The second-order valence-corrected chi connectivity index (χ2v) is 6.55. The van der Waals surface area contributed by atoms with E-state index < -0.39 is 0 Å². The van der Waals surface area contributed by atoms with Crippen molar-refractivity contribution >= 4 is 29.9 Å². The van der Waals surface area contributed by atoms with Crippen LogP contribution in [0.2, 0.25) is 0 Å². The molecule has 0 aromatic heterocycles. The molecule has 0 radical (unpaired) electrons. The van der Waals surface area contributed by atoms with Crippen LogP contribution in [0.5, 0.6) is 0 Å². The third kappa shape index (κ3) is 6.30. The van der Waals surface area contributed by atoms with Crippen LogP contribution in [0.3, 0.4) is 0 Å². The molecule has 2 aliphatic rings. The van der Waals surface area contributed by atoms with Crippen molar-refractivity contribution in [3.8, 4) is 0 Å². The highest BCUT2D eigenvalue weighted by molar-refractivity contribution is 14.0. The zero-order valence-corrected chi connectivity index (χ0v) is 15.9. The van der Waals surface area contributed by atoms with Crippen LogP contribution in [0.15, 0.2) is 4.99 Å². The van der Waals surface area contributed by atoms with Gasteiger partial charge in [0.2, 0.25) is 0 Å². The molecule has 21 heavy (non-hydrogen) atoms. The Hall–Kier alpha value is -0.0400. The van der Waals surface area contributed by atoms with Crippen LogP contribution in [-0.4, -0.2) is 48.2 Å². The predicted octanol–water partition coefficient (Wildman–Crippen LogP) is 2.85. The minimum absolute atomic E-state index is 0. The van der Waals surface area contributed by atoms with E-state index in [9.17, 15) is 5.11 Å². The lowest BCUT2D eigenvalue weighted by molar-refractivity contribution is 0.187. The molecule has 1 aliphatic heterocycles. The Morgan fingerprint density at radius 2 is 2.14 bits per heavy atom. The fraction of sp³-hybridized carbons (Fsp3) is 0.938. The second-order valence-electron chi connectivity index (χ2n) is 6.55. The molecule has 2 fully saturated rings. The van der Waals surface area contributed by atoms with Crippen LogP contribution in [0.25, 0.3) is 0 Å². The molecule has 0 aromatic rings. The number of nitrogens with one attached hydrogen (secondary N) is 1. The predicted molar refractivity (Wildman–Crippen MR) is 99.3 cm³/mol. The van der Waals surface area contributed by atoms with E-state index in [0.717, 1.165) is 50.4 Å². The first-order valence-corrected chi connectivity index (χ1v) is 8.40. The number of hydrogen-bond donors (Lipinski definition) is 2. The monoisotopic (exact) mass is 409 g/mol. The van der Waals surface area contributed by atoms with Crippen molar-refractivity contribution in [3.05, 3.63) is 0 Å². The van der Waals surface area contributed by atoms with Crippen LogP contribution in [0, 0.1) is 11.8 Å². The van der Waals surface area contributed by atoms with Crippen molar-refractivity contribution in [3.63, 3.8) is 0 Å². The summed E-state index contributed by atoms with van der Waals surface area (Å²) in [5.41, 5.74) is 0. The Morgan fingerprint density at radius 1 is 1.33 bits per heavy atom. The summed E-state index contributed by atoms with van der Waals surface area (Å²) in [5, 5.41) is 13.0. The summed E-state index contributed by atoms with van der Waals surface area (Å²) in [7, 11) is 0. The third-order valence-electron chi connectivity index (χ3n) is 4.64. The number of aliphatic imine (C=N–C) groups is 1. The fourth-order valence-corrected chi connectivity index (χ4v) is 3.53. The highest BCUT2D eigenvalue weighted by Gasteiger charge is 2.23. The minimum atomic E-state index is -0.182. The Kier molecular flexibility index (Phi) is 8.94. The van der Waals surface area contributed by atoms with Gasteiger partial charge in [0.1, 0.15) is 0 Å². The van der Waals surface area contributed by atoms with Crippen molar-refractivity contribution in [2.45, 2.75) is 58.5 Å². The highest BCUT2D eigenvalue weighted by Crippen LogP contribution is 2.30. The molecule has 0 amide bonds. The smallest absolute Gasteiger partial charge is 0.194 e. The van der Waals surface area contributed by atoms with Gasteiger partial charge in [0, 0.05) is 26.2 Å². The van der Waals surface area contributed by atoms with Gasteiger partial charge in [-0.25, -0.2) is 0 Å². The van der Waals surface area contributed by atoms with E-state index in [-0.39, 0.29) is 30.1 Å². The number of guanidine groups is 1. The molecule has 0 bridgehead atoms. The van der Waals surface area contributed by atoms with E-state index in [1.54, 1.807) is 0 Å². The molecule has 3 atom stereocenters. The van der Waals surface area contributed by atoms with Gasteiger partial charge in [0.05, 0.1) is 6.10 Å². The van der Waals surface area contributed by atoms with Gasteiger partial charge in [0.25, 0.3) is 0 Å². The van der Waals surface area contributed by atoms with E-state index in [2.05, 4.69) is 24.1 Å². The zero-order chi connectivity index (χ0) is 14.4. The molecule has 4 nitrogen and oxygen atoms in total. The van der Waals surface area contributed by atoms with Crippen molar-refractivity contribution in [2.24, 2.45) is 16.8 Å². The van der Waals surface area contributed by atoms with Crippen molar-refractivity contribution in [2.75, 3.05) is 26.2 Å². The number of rotatable bonds is 4. The molecule has 1 saturated heterocycles. The minimum Gasteiger partial charge on any atom is -0.391 e. The van der Waals surface area contributed by atoms with Crippen LogP contribution in [-0.2, 0) is 0 Å². The van der Waals surface area contributed by atoms with Crippen molar-refractivity contribution < 1.29 is 5.11 Å². The molecule has 0 spiro atoms. The summed E-state index contributed by atoms with van der Waals surface area (Å²) in [6.45, 7) is 7.95. The van der Waals surface area contributed by atoms with E-state index >= 15 is 0 Å². The van der Waals surface area contributed by atoms with E-state index in [1.807, 2.05) is 0 Å². The summed E-state index contributed by atoms with van der Waals surface area (Å²) in [5.74, 6) is 2.77. The maximum absolute atomic E-state index is 9.65. The first-order chi connectivity index (χ1) is 9.69. The second kappa shape index (κ2) is 9.87. The van der Waals surface area contributed by atoms with Gasteiger partial charge in [-0.1, -0.05) is 26.2 Å². The Labute approximate surface area is 146 Å². The van der Waals surface area contributed by atoms with Crippen LogP contribution in [0.1, 0.15) is 52.4 Å². The summed E-state index contributed by atoms with van der Waals surface area (Å²) < 4.78 is 0. The third-order valence-corrected chi connectivity index (χ3v) is 4.64. The summed E-state index contributed by atoms with van der Waals surface area (Å²) in [6.07, 6.45) is 7.48. The summed E-state index contributed by atoms with van der Waals surface area (Å²) in [4.78, 5) is 6.96. The molecule has 1 heterocycles. The Bertz CT molecular complexity index is 325. The lowest BCUT2D eigenvalue weighted by Crippen LogP contribution is -2.40. The van der Waals surface area contributed by atoms with Crippen molar-refractivity contribution in [1.82, 2.24) is 10.2 Å². The quantitative estimate of drug-likeness (QED) is 0.427. The number of halogens is 1. The summed E-state index contributed by atoms with van der Waals surface area (Å²) in [6, 6.07) is 0. The largest absolute Gasteiger partial charge is 0.391 e. The van der Waals surface area contributed by atoms with Gasteiger partial charge in [-0.2, -0.15) is 0 Å². The lowest BCUT2D eigenvalue weighted by Gasteiger charge is -2.26. The average Bonchev–Trinajstić information content (AvgIpc) is 2.84. The molecule has 2 unspecified atom stereocenters. The van der Waals surface area contributed by atoms with Gasteiger partial charge in [-0.15, -0.1) is 24.0 Å². The van der Waals surface area contributed by atoms with Gasteiger partial charge < -0.3 is 15.3 Å². The maximum atomic E-state index is 9.65. The molecule has 1 saturated carbocycles.